The van der Waals surface area contributed by atoms with Gasteiger partial charge in [0, 0.05) is 0 Å². The molecular weight excluding hydrogens is 168 g/mol. The van der Waals surface area contributed by atoms with E-state index in [1.54, 1.807) is 0 Å². The molecule has 0 N–H and O–H groups in total. The minimum absolute atomic E-state index is 0.732. The van der Waals surface area contributed by atoms with Gasteiger partial charge in [0.1, 0.15) is 0 Å². The van der Waals surface area contributed by atoms with Crippen molar-refractivity contribution in [2.24, 2.45) is 11.8 Å². The lowest BCUT2D eigenvalue weighted by Gasteiger charge is -2.16. The van der Waals surface area contributed by atoms with Gasteiger partial charge in [-0.15, -0.1) is 0 Å². The molecule has 0 nitrogen and oxygen atoms in total. The molecule has 0 saturated heterocycles. The van der Waals surface area contributed by atoms with Crippen LogP contribution in [0, 0.1) is 11.8 Å². The zero-order valence-electron chi connectivity index (χ0n) is 9.46. The summed E-state index contributed by atoms with van der Waals surface area (Å²) in [4.78, 5) is 0. The molecule has 0 bridgehead atoms. The topological polar surface area (TPSA) is 0 Å². The van der Waals surface area contributed by atoms with Crippen molar-refractivity contribution >= 4 is 6.08 Å². The van der Waals surface area contributed by atoms with Gasteiger partial charge in [0.25, 0.3) is 0 Å². The fourth-order valence-electron chi connectivity index (χ4n) is 1.50. The Morgan fingerprint density at radius 2 is 1.86 bits per heavy atom. The molecule has 0 spiro atoms. The Morgan fingerprint density at radius 1 is 1.21 bits per heavy atom. The van der Waals surface area contributed by atoms with Crippen LogP contribution >= 0.6 is 0 Å². The molecule has 1 unspecified atom stereocenters. The van der Waals surface area contributed by atoms with E-state index in [0.717, 1.165) is 18.3 Å². The second kappa shape index (κ2) is 4.99. The smallest absolute Gasteiger partial charge is 0.0230 e. The Kier molecular flexibility index (Phi) is 3.94. The van der Waals surface area contributed by atoms with Gasteiger partial charge in [-0.25, -0.2) is 0 Å². The van der Waals surface area contributed by atoms with Crippen LogP contribution in [0.15, 0.2) is 30.8 Å². The van der Waals surface area contributed by atoms with Gasteiger partial charge in [-0.2, -0.15) is 0 Å². The third-order valence-electron chi connectivity index (χ3n) is 2.95. The average Bonchev–Trinajstić information content (AvgIpc) is 2.18. The van der Waals surface area contributed by atoms with Crippen LogP contribution in [0.25, 0.3) is 6.08 Å². The van der Waals surface area contributed by atoms with Crippen molar-refractivity contribution in [1.82, 2.24) is 0 Å². The molecule has 14 heavy (non-hydrogen) atoms. The van der Waals surface area contributed by atoms with Crippen LogP contribution in [0.2, 0.25) is 0 Å². The molecule has 1 atom stereocenters. The Bertz CT molecular complexity index is 297. The highest BCUT2D eigenvalue weighted by Gasteiger charge is 2.09. The van der Waals surface area contributed by atoms with Crippen LogP contribution in [0.5, 0.6) is 0 Å². The van der Waals surface area contributed by atoms with E-state index < -0.39 is 0 Å². The van der Waals surface area contributed by atoms with Gasteiger partial charge in [0.15, 0.2) is 0 Å². The summed E-state index contributed by atoms with van der Waals surface area (Å²) in [6.07, 6.45) is 3.10. The van der Waals surface area contributed by atoms with Crippen LogP contribution in [0.1, 0.15) is 31.9 Å². The van der Waals surface area contributed by atoms with Gasteiger partial charge in [-0.3, -0.25) is 0 Å². The fraction of sp³-hybridized carbons (Fsp3) is 0.429. The predicted octanol–water partition coefficient (Wildman–Crippen LogP) is 4.16. The first kappa shape index (κ1) is 11.0. The molecule has 0 aliphatic carbocycles. The highest BCUT2D eigenvalue weighted by molar-refractivity contribution is 5.51. The quantitative estimate of drug-likeness (QED) is 0.665. The number of hydrogen-bond acceptors (Lipinski definition) is 0. The molecule has 0 aliphatic rings. The van der Waals surface area contributed by atoms with Crippen molar-refractivity contribution in [1.29, 1.82) is 0 Å². The summed E-state index contributed by atoms with van der Waals surface area (Å²) in [6, 6.07) is 8.52. The number of rotatable bonds is 4. The van der Waals surface area contributed by atoms with E-state index in [1.165, 1.54) is 11.1 Å². The Morgan fingerprint density at radius 3 is 2.43 bits per heavy atom. The summed E-state index contributed by atoms with van der Waals surface area (Å²) in [7, 11) is 0. The standard InChI is InChI=1S/C14H20/c1-5-13-8-6-7-9-14(13)10-12(4)11(2)3/h5-9,11-12H,1,10H2,2-4H3. The molecule has 0 heterocycles. The maximum absolute atomic E-state index is 3.84. The molecular formula is C14H20. The molecule has 0 aliphatic heterocycles. The van der Waals surface area contributed by atoms with Gasteiger partial charge in [-0.1, -0.05) is 57.7 Å². The first-order valence-corrected chi connectivity index (χ1v) is 5.35. The third kappa shape index (κ3) is 2.73. The highest BCUT2D eigenvalue weighted by Crippen LogP contribution is 2.19. The van der Waals surface area contributed by atoms with Crippen molar-refractivity contribution in [3.8, 4) is 0 Å². The summed E-state index contributed by atoms with van der Waals surface area (Å²) >= 11 is 0. The molecule has 0 amide bonds. The minimum atomic E-state index is 0.732. The fourth-order valence-corrected chi connectivity index (χ4v) is 1.50. The zero-order valence-corrected chi connectivity index (χ0v) is 9.46. The van der Waals surface area contributed by atoms with Crippen LogP contribution in [-0.2, 0) is 6.42 Å². The Labute approximate surface area is 87.7 Å². The predicted molar refractivity (Wildman–Crippen MR) is 64.2 cm³/mol. The first-order valence-electron chi connectivity index (χ1n) is 5.35. The van der Waals surface area contributed by atoms with E-state index in [-0.39, 0.29) is 0 Å². The molecule has 1 rings (SSSR count). The van der Waals surface area contributed by atoms with Crippen molar-refractivity contribution < 1.29 is 0 Å². The SMILES string of the molecule is C=Cc1ccccc1CC(C)C(C)C. The van der Waals surface area contributed by atoms with Gasteiger partial charge < -0.3 is 0 Å². The summed E-state index contributed by atoms with van der Waals surface area (Å²) in [5.74, 6) is 1.48. The molecule has 1 aromatic rings. The van der Waals surface area contributed by atoms with Gasteiger partial charge >= 0.3 is 0 Å². The van der Waals surface area contributed by atoms with Gasteiger partial charge in [-0.05, 0) is 29.4 Å². The lowest BCUT2D eigenvalue weighted by Crippen LogP contribution is -2.08. The molecule has 0 heteroatoms. The molecule has 76 valence electrons. The highest BCUT2D eigenvalue weighted by atomic mass is 14.1. The summed E-state index contributed by atoms with van der Waals surface area (Å²) in [5, 5.41) is 0. The zero-order chi connectivity index (χ0) is 10.6. The van der Waals surface area contributed by atoms with Crippen molar-refractivity contribution in [3.63, 3.8) is 0 Å². The second-order valence-corrected chi connectivity index (χ2v) is 4.33. The molecule has 0 radical (unpaired) electrons. The van der Waals surface area contributed by atoms with Crippen LogP contribution < -0.4 is 0 Å². The maximum atomic E-state index is 3.84. The lowest BCUT2D eigenvalue weighted by molar-refractivity contribution is 0.417. The monoisotopic (exact) mass is 188 g/mol. The van der Waals surface area contributed by atoms with Gasteiger partial charge in [0.2, 0.25) is 0 Å². The summed E-state index contributed by atoms with van der Waals surface area (Å²) in [6.45, 7) is 10.7. The van der Waals surface area contributed by atoms with E-state index >= 15 is 0 Å². The van der Waals surface area contributed by atoms with Crippen molar-refractivity contribution in [2.75, 3.05) is 0 Å². The van der Waals surface area contributed by atoms with E-state index in [9.17, 15) is 0 Å². The molecule has 0 aromatic heterocycles. The summed E-state index contributed by atoms with van der Waals surface area (Å²) < 4.78 is 0. The van der Waals surface area contributed by atoms with E-state index in [0.29, 0.717) is 0 Å². The number of hydrogen-bond donors (Lipinski definition) is 0. The number of benzene rings is 1. The second-order valence-electron chi connectivity index (χ2n) is 4.33. The largest absolute Gasteiger partial charge is 0.0985 e. The van der Waals surface area contributed by atoms with Crippen LogP contribution in [0.4, 0.5) is 0 Å². The normalized spacial score (nSPS) is 12.9. The summed E-state index contributed by atoms with van der Waals surface area (Å²) in [5.41, 5.74) is 2.70. The van der Waals surface area contributed by atoms with Gasteiger partial charge in [0.05, 0.1) is 0 Å². The molecule has 0 fully saturated rings. The third-order valence-corrected chi connectivity index (χ3v) is 2.95. The van der Waals surface area contributed by atoms with Crippen LogP contribution in [0.3, 0.4) is 0 Å². The van der Waals surface area contributed by atoms with Crippen LogP contribution in [-0.4, -0.2) is 0 Å². The lowest BCUT2D eigenvalue weighted by atomic mass is 9.89. The maximum Gasteiger partial charge on any atom is -0.0230 e. The minimum Gasteiger partial charge on any atom is -0.0985 e. The average molecular weight is 188 g/mol. The van der Waals surface area contributed by atoms with Crippen molar-refractivity contribution in [3.05, 3.63) is 42.0 Å². The van der Waals surface area contributed by atoms with E-state index in [1.807, 2.05) is 6.08 Å². The molecule has 0 saturated carbocycles. The van der Waals surface area contributed by atoms with Crippen molar-refractivity contribution in [2.45, 2.75) is 27.2 Å². The molecule has 1 aromatic carbocycles. The Balaban J connectivity index is 2.80. The van der Waals surface area contributed by atoms with E-state index in [2.05, 4.69) is 51.6 Å². The van der Waals surface area contributed by atoms with E-state index in [4.69, 9.17) is 0 Å². The first-order chi connectivity index (χ1) is 6.65. The Hall–Kier alpha value is -1.04.